The Kier molecular flexibility index (Phi) is 4.19. The Morgan fingerprint density at radius 2 is 2.26 bits per heavy atom. The first kappa shape index (κ1) is 13.6. The average Bonchev–Trinajstić information content (AvgIpc) is 2.80. The predicted molar refractivity (Wildman–Crippen MR) is 72.3 cm³/mol. The van der Waals surface area contributed by atoms with E-state index in [-0.39, 0.29) is 6.09 Å². The Balaban J connectivity index is 1.97. The van der Waals surface area contributed by atoms with Crippen molar-refractivity contribution in [2.75, 3.05) is 38.2 Å². The molecule has 0 unspecified atom stereocenters. The lowest BCUT2D eigenvalue weighted by molar-refractivity contribution is 0.159. The standard InChI is InChI=1S/C13H20N4O2/c1-4-11-9-12(15-10(2)14-11)16(3)5-6-17-7-8-19-13(17)18/h9H,4-8H2,1-3H3. The number of ether oxygens (including phenoxy) is 1. The van der Waals surface area contributed by atoms with Crippen molar-refractivity contribution in [3.63, 3.8) is 0 Å². The molecular weight excluding hydrogens is 244 g/mol. The van der Waals surface area contributed by atoms with E-state index in [0.29, 0.717) is 19.7 Å². The smallest absolute Gasteiger partial charge is 0.409 e. The van der Waals surface area contributed by atoms with Crippen LogP contribution in [0.2, 0.25) is 0 Å². The summed E-state index contributed by atoms with van der Waals surface area (Å²) in [6.07, 6.45) is 0.671. The highest BCUT2D eigenvalue weighted by Crippen LogP contribution is 2.12. The summed E-state index contributed by atoms with van der Waals surface area (Å²) in [6, 6.07) is 2.00. The van der Waals surface area contributed by atoms with Crippen LogP contribution >= 0.6 is 0 Å². The van der Waals surface area contributed by atoms with Gasteiger partial charge < -0.3 is 14.5 Å². The van der Waals surface area contributed by atoms with E-state index in [1.807, 2.05) is 24.9 Å². The number of carbonyl (C=O) groups is 1. The van der Waals surface area contributed by atoms with Gasteiger partial charge in [0, 0.05) is 31.9 Å². The number of nitrogens with zero attached hydrogens (tertiary/aromatic N) is 4. The molecule has 6 nitrogen and oxygen atoms in total. The molecule has 0 N–H and O–H groups in total. The molecular formula is C13H20N4O2. The third-order valence-electron chi connectivity index (χ3n) is 3.18. The van der Waals surface area contributed by atoms with E-state index in [0.717, 1.165) is 30.3 Å². The summed E-state index contributed by atoms with van der Waals surface area (Å²) in [5.41, 5.74) is 1.04. The van der Waals surface area contributed by atoms with Crippen LogP contribution in [0.25, 0.3) is 0 Å². The lowest BCUT2D eigenvalue weighted by Crippen LogP contribution is -2.34. The third kappa shape index (κ3) is 3.33. The number of carbonyl (C=O) groups excluding carboxylic acids is 1. The van der Waals surface area contributed by atoms with Crippen LogP contribution in [0.15, 0.2) is 6.07 Å². The van der Waals surface area contributed by atoms with Gasteiger partial charge in [-0.3, -0.25) is 0 Å². The van der Waals surface area contributed by atoms with Gasteiger partial charge in [-0.25, -0.2) is 14.8 Å². The fraction of sp³-hybridized carbons (Fsp3) is 0.615. The molecule has 1 aromatic rings. The minimum Gasteiger partial charge on any atom is -0.448 e. The van der Waals surface area contributed by atoms with Gasteiger partial charge in [0.05, 0.1) is 6.54 Å². The molecule has 2 rings (SSSR count). The van der Waals surface area contributed by atoms with E-state index in [2.05, 4.69) is 16.9 Å². The molecule has 2 heterocycles. The number of rotatable bonds is 5. The third-order valence-corrected chi connectivity index (χ3v) is 3.18. The minimum atomic E-state index is -0.221. The van der Waals surface area contributed by atoms with E-state index in [1.165, 1.54) is 0 Å². The normalized spacial score (nSPS) is 14.7. The second kappa shape index (κ2) is 5.86. The zero-order valence-electron chi connectivity index (χ0n) is 11.7. The lowest BCUT2D eigenvalue weighted by Gasteiger charge is -2.21. The van der Waals surface area contributed by atoms with Crippen molar-refractivity contribution in [3.05, 3.63) is 17.6 Å². The number of aromatic nitrogens is 2. The maximum absolute atomic E-state index is 11.3. The van der Waals surface area contributed by atoms with Gasteiger partial charge in [-0.1, -0.05) is 6.92 Å². The molecule has 0 bridgehead atoms. The van der Waals surface area contributed by atoms with Crippen LogP contribution in [0.3, 0.4) is 0 Å². The number of hydrogen-bond donors (Lipinski definition) is 0. The highest BCUT2D eigenvalue weighted by atomic mass is 16.6. The lowest BCUT2D eigenvalue weighted by atomic mass is 10.3. The first-order valence-electron chi connectivity index (χ1n) is 6.57. The van der Waals surface area contributed by atoms with Gasteiger partial charge in [-0.05, 0) is 13.3 Å². The second-order valence-electron chi connectivity index (χ2n) is 4.64. The van der Waals surface area contributed by atoms with Crippen molar-refractivity contribution in [2.45, 2.75) is 20.3 Å². The maximum atomic E-state index is 11.3. The number of hydrogen-bond acceptors (Lipinski definition) is 5. The van der Waals surface area contributed by atoms with Gasteiger partial charge in [0.1, 0.15) is 18.2 Å². The van der Waals surface area contributed by atoms with Crippen LogP contribution in [-0.4, -0.2) is 54.2 Å². The summed E-state index contributed by atoms with van der Waals surface area (Å²) in [5, 5.41) is 0. The quantitative estimate of drug-likeness (QED) is 0.800. The Morgan fingerprint density at radius 1 is 1.47 bits per heavy atom. The summed E-state index contributed by atoms with van der Waals surface area (Å²) < 4.78 is 4.90. The molecule has 1 amide bonds. The molecule has 1 fully saturated rings. The van der Waals surface area contributed by atoms with Crippen LogP contribution in [0.5, 0.6) is 0 Å². The van der Waals surface area contributed by atoms with Gasteiger partial charge in [0.15, 0.2) is 0 Å². The molecule has 104 valence electrons. The SMILES string of the molecule is CCc1cc(N(C)CCN2CCOC2=O)nc(C)n1. The fourth-order valence-corrected chi connectivity index (χ4v) is 2.00. The van der Waals surface area contributed by atoms with E-state index >= 15 is 0 Å². The fourth-order valence-electron chi connectivity index (χ4n) is 2.00. The van der Waals surface area contributed by atoms with Gasteiger partial charge in [-0.15, -0.1) is 0 Å². The van der Waals surface area contributed by atoms with Crippen molar-refractivity contribution in [3.8, 4) is 0 Å². The zero-order valence-corrected chi connectivity index (χ0v) is 11.7. The predicted octanol–water partition coefficient (Wildman–Crippen LogP) is 1.24. The Hall–Kier alpha value is -1.85. The molecule has 0 saturated carbocycles. The Labute approximate surface area is 113 Å². The van der Waals surface area contributed by atoms with Crippen molar-refractivity contribution >= 4 is 11.9 Å². The van der Waals surface area contributed by atoms with Crippen molar-refractivity contribution in [1.82, 2.24) is 14.9 Å². The first-order valence-corrected chi connectivity index (χ1v) is 6.57. The maximum Gasteiger partial charge on any atom is 0.409 e. The van der Waals surface area contributed by atoms with Crippen LogP contribution < -0.4 is 4.90 Å². The molecule has 0 radical (unpaired) electrons. The van der Waals surface area contributed by atoms with Crippen LogP contribution in [-0.2, 0) is 11.2 Å². The van der Waals surface area contributed by atoms with Crippen LogP contribution in [0.1, 0.15) is 18.4 Å². The molecule has 0 spiro atoms. The minimum absolute atomic E-state index is 0.221. The van der Waals surface area contributed by atoms with Gasteiger partial charge in [0.25, 0.3) is 0 Å². The number of cyclic esters (lactones) is 1. The van der Waals surface area contributed by atoms with Crippen LogP contribution in [0, 0.1) is 6.92 Å². The largest absolute Gasteiger partial charge is 0.448 e. The topological polar surface area (TPSA) is 58.6 Å². The summed E-state index contributed by atoms with van der Waals surface area (Å²) in [6.45, 7) is 6.53. The molecule has 6 heteroatoms. The number of amides is 1. The van der Waals surface area contributed by atoms with Crippen LogP contribution in [0.4, 0.5) is 10.6 Å². The number of likely N-dealkylation sites (N-methyl/N-ethyl adjacent to an activating group) is 1. The summed E-state index contributed by atoms with van der Waals surface area (Å²) in [7, 11) is 1.97. The molecule has 19 heavy (non-hydrogen) atoms. The summed E-state index contributed by atoms with van der Waals surface area (Å²) in [5.74, 6) is 1.68. The highest BCUT2D eigenvalue weighted by Gasteiger charge is 2.21. The van der Waals surface area contributed by atoms with E-state index in [1.54, 1.807) is 4.90 Å². The van der Waals surface area contributed by atoms with E-state index in [4.69, 9.17) is 4.74 Å². The average molecular weight is 264 g/mol. The van der Waals surface area contributed by atoms with E-state index < -0.39 is 0 Å². The van der Waals surface area contributed by atoms with E-state index in [9.17, 15) is 4.79 Å². The molecule has 1 aromatic heterocycles. The monoisotopic (exact) mass is 264 g/mol. The molecule has 0 aliphatic carbocycles. The summed E-state index contributed by atoms with van der Waals surface area (Å²) in [4.78, 5) is 23.9. The molecule has 1 aliphatic heterocycles. The van der Waals surface area contributed by atoms with Crippen molar-refractivity contribution in [1.29, 1.82) is 0 Å². The van der Waals surface area contributed by atoms with Crippen molar-refractivity contribution < 1.29 is 9.53 Å². The zero-order chi connectivity index (χ0) is 13.8. The summed E-state index contributed by atoms with van der Waals surface area (Å²) >= 11 is 0. The van der Waals surface area contributed by atoms with Crippen molar-refractivity contribution in [2.24, 2.45) is 0 Å². The Bertz CT molecular complexity index is 464. The molecule has 0 atom stereocenters. The number of anilines is 1. The Morgan fingerprint density at radius 3 is 2.89 bits per heavy atom. The van der Waals surface area contributed by atoms with Gasteiger partial charge in [0.2, 0.25) is 0 Å². The van der Waals surface area contributed by atoms with Gasteiger partial charge in [-0.2, -0.15) is 0 Å². The number of aryl methyl sites for hydroxylation is 2. The molecule has 1 saturated heterocycles. The highest BCUT2D eigenvalue weighted by molar-refractivity contribution is 5.69. The molecule has 0 aromatic carbocycles. The molecule has 1 aliphatic rings. The van der Waals surface area contributed by atoms with Gasteiger partial charge >= 0.3 is 6.09 Å². The second-order valence-corrected chi connectivity index (χ2v) is 4.64. The first-order chi connectivity index (χ1) is 9.10.